The zero-order chi connectivity index (χ0) is 16.9. The molecule has 3 N–H and O–H groups in total. The summed E-state index contributed by atoms with van der Waals surface area (Å²) >= 11 is 6.08. The van der Waals surface area contributed by atoms with Crippen LogP contribution < -0.4 is 10.6 Å². The number of nitrogens with one attached hydrogen (secondary N) is 3. The molecule has 8 heteroatoms. The van der Waals surface area contributed by atoms with Crippen LogP contribution in [0, 0.1) is 6.92 Å². The van der Waals surface area contributed by atoms with E-state index in [1.165, 1.54) is 0 Å². The van der Waals surface area contributed by atoms with Crippen molar-refractivity contribution < 1.29 is 9.21 Å². The fraction of sp³-hybridized carbons (Fsp3) is 0.188. The molecule has 0 aliphatic carbocycles. The highest BCUT2D eigenvalue weighted by Gasteiger charge is 2.09. The minimum Gasteiger partial charge on any atom is -0.461 e. The largest absolute Gasteiger partial charge is 0.461 e. The van der Waals surface area contributed by atoms with E-state index in [9.17, 15) is 4.79 Å². The summed E-state index contributed by atoms with van der Waals surface area (Å²) in [6, 6.07) is 8.67. The molecule has 0 spiro atoms. The number of amides is 2. The third-order valence-electron chi connectivity index (χ3n) is 3.29. The molecule has 2 aromatic heterocycles. The Morgan fingerprint density at radius 2 is 2.25 bits per heavy atom. The normalized spacial score (nSPS) is 10.6. The van der Waals surface area contributed by atoms with Gasteiger partial charge in [-0.3, -0.25) is 5.10 Å². The number of rotatable bonds is 5. The number of aromatic amines is 1. The molecule has 0 radical (unpaired) electrons. The van der Waals surface area contributed by atoms with Gasteiger partial charge >= 0.3 is 6.03 Å². The number of nitrogens with zero attached hydrogens (tertiary/aromatic N) is 2. The molecule has 0 bridgehead atoms. The Morgan fingerprint density at radius 1 is 1.38 bits per heavy atom. The lowest BCUT2D eigenvalue weighted by molar-refractivity contribution is 0.252. The maximum Gasteiger partial charge on any atom is 0.319 e. The second-order valence-electron chi connectivity index (χ2n) is 5.20. The van der Waals surface area contributed by atoms with Crippen LogP contribution in [0.15, 0.2) is 41.0 Å². The summed E-state index contributed by atoms with van der Waals surface area (Å²) in [5.74, 6) is 1.75. The van der Waals surface area contributed by atoms with Crippen molar-refractivity contribution in [2.75, 3.05) is 11.9 Å². The summed E-state index contributed by atoms with van der Waals surface area (Å²) in [5.41, 5.74) is 1.60. The van der Waals surface area contributed by atoms with E-state index in [4.69, 9.17) is 16.0 Å². The number of carbonyl (C=O) groups is 1. The highest BCUT2D eigenvalue weighted by Crippen LogP contribution is 2.22. The number of hydrogen-bond acceptors (Lipinski definition) is 4. The monoisotopic (exact) mass is 345 g/mol. The molecule has 2 heterocycles. The van der Waals surface area contributed by atoms with Crippen molar-refractivity contribution in [3.8, 4) is 11.6 Å². The molecule has 1 aromatic carbocycles. The Morgan fingerprint density at radius 3 is 3.00 bits per heavy atom. The fourth-order valence-electron chi connectivity index (χ4n) is 2.11. The van der Waals surface area contributed by atoms with E-state index in [1.54, 1.807) is 30.5 Å². The highest BCUT2D eigenvalue weighted by molar-refractivity contribution is 6.33. The van der Waals surface area contributed by atoms with Crippen LogP contribution >= 0.6 is 11.6 Å². The van der Waals surface area contributed by atoms with Crippen LogP contribution in [0.4, 0.5) is 10.5 Å². The zero-order valence-corrected chi connectivity index (χ0v) is 13.7. The number of hydrogen-bond donors (Lipinski definition) is 3. The molecule has 0 atom stereocenters. The Kier molecular flexibility index (Phi) is 4.81. The Hall–Kier alpha value is -2.80. The molecule has 124 valence electrons. The summed E-state index contributed by atoms with van der Waals surface area (Å²) in [6.07, 6.45) is 2.08. The SMILES string of the molecule is Cc1ccc(NC(=O)NCCc2nc(-c3ccco3)n[nH]2)c(Cl)c1. The first kappa shape index (κ1) is 16.1. The lowest BCUT2D eigenvalue weighted by Gasteiger charge is -2.09. The van der Waals surface area contributed by atoms with E-state index >= 15 is 0 Å². The Bertz CT molecular complexity index is 829. The number of aromatic nitrogens is 3. The number of carbonyl (C=O) groups excluding carboxylic acids is 1. The predicted octanol–water partition coefficient (Wildman–Crippen LogP) is 3.39. The third-order valence-corrected chi connectivity index (χ3v) is 3.61. The quantitative estimate of drug-likeness (QED) is 0.660. The molecule has 0 saturated carbocycles. The first-order valence-corrected chi connectivity index (χ1v) is 7.76. The lowest BCUT2D eigenvalue weighted by atomic mass is 10.2. The smallest absolute Gasteiger partial charge is 0.319 e. The van der Waals surface area contributed by atoms with Gasteiger partial charge < -0.3 is 15.1 Å². The zero-order valence-electron chi connectivity index (χ0n) is 13.0. The molecule has 0 fully saturated rings. The maximum atomic E-state index is 11.9. The van der Waals surface area contributed by atoms with Crippen LogP contribution in [0.3, 0.4) is 0 Å². The number of furan rings is 1. The molecule has 0 aliphatic rings. The predicted molar refractivity (Wildman–Crippen MR) is 91.0 cm³/mol. The topological polar surface area (TPSA) is 95.8 Å². The van der Waals surface area contributed by atoms with Gasteiger partial charge in [-0.1, -0.05) is 17.7 Å². The highest BCUT2D eigenvalue weighted by atomic mass is 35.5. The maximum absolute atomic E-state index is 11.9. The van der Waals surface area contributed by atoms with Crippen molar-refractivity contribution in [2.45, 2.75) is 13.3 Å². The molecule has 7 nitrogen and oxygen atoms in total. The van der Waals surface area contributed by atoms with Crippen molar-refractivity contribution >= 4 is 23.3 Å². The van der Waals surface area contributed by atoms with Crippen molar-refractivity contribution in [1.82, 2.24) is 20.5 Å². The summed E-state index contributed by atoms with van der Waals surface area (Å²) in [4.78, 5) is 16.2. The number of aryl methyl sites for hydroxylation is 1. The van der Waals surface area contributed by atoms with Gasteiger partial charge in [-0.2, -0.15) is 5.10 Å². The molecule has 0 aliphatic heterocycles. The van der Waals surface area contributed by atoms with E-state index in [2.05, 4.69) is 25.8 Å². The van der Waals surface area contributed by atoms with Crippen molar-refractivity contribution in [2.24, 2.45) is 0 Å². The Balaban J connectivity index is 1.48. The van der Waals surface area contributed by atoms with Gasteiger partial charge in [-0.05, 0) is 36.8 Å². The van der Waals surface area contributed by atoms with E-state index in [-0.39, 0.29) is 6.03 Å². The molecule has 0 saturated heterocycles. The van der Waals surface area contributed by atoms with E-state index in [0.717, 1.165) is 5.56 Å². The number of urea groups is 1. The van der Waals surface area contributed by atoms with Crippen molar-refractivity contribution in [1.29, 1.82) is 0 Å². The average molecular weight is 346 g/mol. The van der Waals surface area contributed by atoms with Gasteiger partial charge in [0.2, 0.25) is 5.82 Å². The third kappa shape index (κ3) is 3.94. The minimum absolute atomic E-state index is 0.327. The summed E-state index contributed by atoms with van der Waals surface area (Å²) in [6.45, 7) is 2.34. The van der Waals surface area contributed by atoms with Gasteiger partial charge in [0.25, 0.3) is 0 Å². The fourth-order valence-corrected chi connectivity index (χ4v) is 2.39. The van der Waals surface area contributed by atoms with Gasteiger partial charge in [0.15, 0.2) is 5.76 Å². The van der Waals surface area contributed by atoms with Gasteiger partial charge in [0.1, 0.15) is 5.82 Å². The molecule has 24 heavy (non-hydrogen) atoms. The lowest BCUT2D eigenvalue weighted by Crippen LogP contribution is -2.30. The van der Waals surface area contributed by atoms with Gasteiger partial charge in [-0.25, -0.2) is 9.78 Å². The van der Waals surface area contributed by atoms with E-state index in [0.29, 0.717) is 41.1 Å². The molecular weight excluding hydrogens is 330 g/mol. The number of H-pyrrole nitrogens is 1. The standard InChI is InChI=1S/C16H16ClN5O2/c1-10-4-5-12(11(17)9-10)19-16(23)18-7-6-14-20-15(22-21-14)13-3-2-8-24-13/h2-5,8-9H,6-7H2,1H3,(H2,18,19,23)(H,20,21,22). The number of halogens is 1. The van der Waals surface area contributed by atoms with Crippen LogP contribution in [-0.4, -0.2) is 27.8 Å². The van der Waals surface area contributed by atoms with Gasteiger partial charge in [0.05, 0.1) is 17.0 Å². The number of benzene rings is 1. The second kappa shape index (κ2) is 7.18. The molecule has 3 aromatic rings. The first-order valence-electron chi connectivity index (χ1n) is 7.38. The number of anilines is 1. The molecule has 2 amide bonds. The van der Waals surface area contributed by atoms with Gasteiger partial charge in [0, 0.05) is 13.0 Å². The molecule has 0 unspecified atom stereocenters. The summed E-state index contributed by atoms with van der Waals surface area (Å²) in [7, 11) is 0. The molecular formula is C16H16ClN5O2. The summed E-state index contributed by atoms with van der Waals surface area (Å²) < 4.78 is 5.22. The molecule has 3 rings (SSSR count). The summed E-state index contributed by atoms with van der Waals surface area (Å²) in [5, 5.41) is 12.8. The van der Waals surface area contributed by atoms with Crippen LogP contribution in [0.1, 0.15) is 11.4 Å². The second-order valence-corrected chi connectivity index (χ2v) is 5.60. The van der Waals surface area contributed by atoms with Crippen molar-refractivity contribution in [3.05, 3.63) is 53.0 Å². The average Bonchev–Trinajstić information content (AvgIpc) is 3.21. The van der Waals surface area contributed by atoms with Crippen LogP contribution in [-0.2, 0) is 6.42 Å². The van der Waals surface area contributed by atoms with E-state index < -0.39 is 0 Å². The minimum atomic E-state index is -0.327. The Labute approximate surface area is 143 Å². The van der Waals surface area contributed by atoms with Crippen LogP contribution in [0.2, 0.25) is 5.02 Å². The van der Waals surface area contributed by atoms with Crippen molar-refractivity contribution in [3.63, 3.8) is 0 Å². The van der Waals surface area contributed by atoms with Crippen LogP contribution in [0.25, 0.3) is 11.6 Å². The van der Waals surface area contributed by atoms with E-state index in [1.807, 2.05) is 13.0 Å². The van der Waals surface area contributed by atoms with Crippen LogP contribution in [0.5, 0.6) is 0 Å². The van der Waals surface area contributed by atoms with Gasteiger partial charge in [-0.15, -0.1) is 0 Å². The first-order chi connectivity index (χ1) is 11.6.